The van der Waals surface area contributed by atoms with Crippen molar-refractivity contribution in [3.8, 4) is 23.0 Å². The molecule has 0 spiro atoms. The van der Waals surface area contributed by atoms with Gasteiger partial charge in [0.05, 0.1) is 28.4 Å². The van der Waals surface area contributed by atoms with Gasteiger partial charge in [0.15, 0.2) is 11.5 Å². The van der Waals surface area contributed by atoms with Crippen molar-refractivity contribution in [1.29, 1.82) is 0 Å². The Morgan fingerprint density at radius 3 is 2.04 bits per heavy atom. The van der Waals surface area contributed by atoms with Gasteiger partial charge in [-0.05, 0) is 18.2 Å². The number of hydrogen-bond donors (Lipinski definition) is 1. The van der Waals surface area contributed by atoms with Crippen LogP contribution in [0.3, 0.4) is 0 Å². The van der Waals surface area contributed by atoms with Gasteiger partial charge in [-0.15, -0.1) is 0 Å². The van der Waals surface area contributed by atoms with Crippen LogP contribution < -0.4 is 24.3 Å². The maximum absolute atomic E-state index is 12.4. The van der Waals surface area contributed by atoms with E-state index in [1.165, 1.54) is 21.3 Å². The molecule has 0 heterocycles. The molecule has 0 fully saturated rings. The number of benzene rings is 2. The van der Waals surface area contributed by atoms with Crippen LogP contribution in [0.4, 0.5) is 5.69 Å². The van der Waals surface area contributed by atoms with Gasteiger partial charge < -0.3 is 24.3 Å². The minimum atomic E-state index is -0.266. The van der Waals surface area contributed by atoms with E-state index in [4.69, 9.17) is 18.9 Å². The summed E-state index contributed by atoms with van der Waals surface area (Å²) in [5.74, 6) is 1.75. The summed E-state index contributed by atoms with van der Waals surface area (Å²) >= 11 is 0. The van der Waals surface area contributed by atoms with Crippen molar-refractivity contribution < 1.29 is 23.7 Å². The number of carbonyl (C=O) groups is 1. The van der Waals surface area contributed by atoms with E-state index in [2.05, 4.69) is 5.32 Å². The zero-order valence-corrected chi connectivity index (χ0v) is 13.5. The molecule has 0 aliphatic heterocycles. The Morgan fingerprint density at radius 2 is 1.52 bits per heavy atom. The van der Waals surface area contributed by atoms with Gasteiger partial charge in [-0.3, -0.25) is 4.79 Å². The summed E-state index contributed by atoms with van der Waals surface area (Å²) in [4.78, 5) is 12.4. The lowest BCUT2D eigenvalue weighted by Crippen LogP contribution is -2.12. The number of nitrogens with one attached hydrogen (secondary N) is 1. The molecule has 23 heavy (non-hydrogen) atoms. The zero-order chi connectivity index (χ0) is 16.8. The number of hydrogen-bond acceptors (Lipinski definition) is 5. The molecule has 0 saturated heterocycles. The summed E-state index contributed by atoms with van der Waals surface area (Å²) in [5, 5.41) is 2.80. The first-order valence-corrected chi connectivity index (χ1v) is 6.88. The predicted molar refractivity (Wildman–Crippen MR) is 87.0 cm³/mol. The first kappa shape index (κ1) is 16.5. The third kappa shape index (κ3) is 3.66. The molecule has 0 unspecified atom stereocenters. The quantitative estimate of drug-likeness (QED) is 0.887. The molecule has 1 amide bonds. The smallest absolute Gasteiger partial charge is 0.255 e. The molecule has 1 N–H and O–H groups in total. The second-order valence-corrected chi connectivity index (χ2v) is 4.60. The molecule has 2 aromatic rings. The van der Waals surface area contributed by atoms with Gasteiger partial charge in [-0.1, -0.05) is 6.07 Å². The molecule has 0 saturated carbocycles. The van der Waals surface area contributed by atoms with E-state index in [0.29, 0.717) is 34.2 Å². The summed E-state index contributed by atoms with van der Waals surface area (Å²) in [5.41, 5.74) is 1.02. The molecular formula is C17H19NO5. The highest BCUT2D eigenvalue weighted by atomic mass is 16.5. The van der Waals surface area contributed by atoms with Crippen LogP contribution in [-0.2, 0) is 0 Å². The molecule has 0 bridgehead atoms. The maximum Gasteiger partial charge on any atom is 0.255 e. The normalized spacial score (nSPS) is 9.91. The number of amides is 1. The fourth-order valence-electron chi connectivity index (χ4n) is 2.12. The number of anilines is 1. The monoisotopic (exact) mass is 317 g/mol. The summed E-state index contributed by atoms with van der Waals surface area (Å²) in [6, 6.07) is 10.2. The Kier molecular flexibility index (Phi) is 5.30. The van der Waals surface area contributed by atoms with E-state index in [1.54, 1.807) is 43.5 Å². The Balaban J connectivity index is 2.30. The van der Waals surface area contributed by atoms with Gasteiger partial charge in [0.25, 0.3) is 5.91 Å². The lowest BCUT2D eigenvalue weighted by molar-refractivity contribution is 0.102. The molecule has 0 aromatic heterocycles. The fourth-order valence-corrected chi connectivity index (χ4v) is 2.12. The van der Waals surface area contributed by atoms with E-state index in [9.17, 15) is 4.79 Å². The average molecular weight is 317 g/mol. The van der Waals surface area contributed by atoms with Crippen LogP contribution in [0.15, 0.2) is 36.4 Å². The van der Waals surface area contributed by atoms with Gasteiger partial charge in [-0.25, -0.2) is 0 Å². The first-order chi connectivity index (χ1) is 11.1. The van der Waals surface area contributed by atoms with Crippen molar-refractivity contribution in [2.45, 2.75) is 0 Å². The lowest BCUT2D eigenvalue weighted by Gasteiger charge is -2.14. The van der Waals surface area contributed by atoms with Crippen LogP contribution in [-0.4, -0.2) is 34.3 Å². The second-order valence-electron chi connectivity index (χ2n) is 4.60. The number of carbonyl (C=O) groups excluding carboxylic acids is 1. The van der Waals surface area contributed by atoms with Gasteiger partial charge in [0.2, 0.25) is 5.75 Å². The van der Waals surface area contributed by atoms with Gasteiger partial charge >= 0.3 is 0 Å². The Morgan fingerprint density at radius 1 is 0.870 bits per heavy atom. The van der Waals surface area contributed by atoms with Crippen molar-refractivity contribution in [3.63, 3.8) is 0 Å². The largest absolute Gasteiger partial charge is 0.497 e. The van der Waals surface area contributed by atoms with Crippen LogP contribution in [0.25, 0.3) is 0 Å². The first-order valence-electron chi connectivity index (χ1n) is 6.88. The molecule has 0 radical (unpaired) electrons. The van der Waals surface area contributed by atoms with Crippen LogP contribution in [0.5, 0.6) is 23.0 Å². The molecule has 2 rings (SSSR count). The predicted octanol–water partition coefficient (Wildman–Crippen LogP) is 2.97. The molecule has 0 aliphatic carbocycles. The molecular weight excluding hydrogens is 298 g/mol. The van der Waals surface area contributed by atoms with Crippen molar-refractivity contribution in [3.05, 3.63) is 42.0 Å². The van der Waals surface area contributed by atoms with Gasteiger partial charge in [0, 0.05) is 23.4 Å². The van der Waals surface area contributed by atoms with E-state index < -0.39 is 0 Å². The minimum Gasteiger partial charge on any atom is -0.497 e. The Bertz CT molecular complexity index is 674. The highest BCUT2D eigenvalue weighted by Gasteiger charge is 2.15. The lowest BCUT2D eigenvalue weighted by atomic mass is 10.2. The van der Waals surface area contributed by atoms with E-state index in [0.717, 1.165) is 0 Å². The van der Waals surface area contributed by atoms with E-state index >= 15 is 0 Å². The molecule has 0 aliphatic rings. The summed E-state index contributed by atoms with van der Waals surface area (Å²) in [6.07, 6.45) is 0. The Hall–Kier alpha value is -2.89. The Labute approximate surface area is 134 Å². The van der Waals surface area contributed by atoms with Gasteiger partial charge in [0.1, 0.15) is 5.75 Å². The fraction of sp³-hybridized carbons (Fsp3) is 0.235. The van der Waals surface area contributed by atoms with Crippen LogP contribution >= 0.6 is 0 Å². The van der Waals surface area contributed by atoms with Crippen LogP contribution in [0.1, 0.15) is 10.4 Å². The van der Waals surface area contributed by atoms with Crippen molar-refractivity contribution in [1.82, 2.24) is 0 Å². The zero-order valence-electron chi connectivity index (χ0n) is 13.5. The number of methoxy groups -OCH3 is 4. The average Bonchev–Trinajstić information content (AvgIpc) is 2.60. The van der Waals surface area contributed by atoms with E-state index in [-0.39, 0.29) is 5.91 Å². The highest BCUT2D eigenvalue weighted by molar-refractivity contribution is 6.04. The summed E-state index contributed by atoms with van der Waals surface area (Å²) in [7, 11) is 6.11. The molecule has 6 heteroatoms. The number of ether oxygens (including phenoxy) is 4. The summed E-state index contributed by atoms with van der Waals surface area (Å²) < 4.78 is 20.9. The van der Waals surface area contributed by atoms with Crippen molar-refractivity contribution in [2.24, 2.45) is 0 Å². The summed E-state index contributed by atoms with van der Waals surface area (Å²) in [6.45, 7) is 0. The molecule has 2 aromatic carbocycles. The molecule has 0 atom stereocenters. The van der Waals surface area contributed by atoms with Crippen molar-refractivity contribution in [2.75, 3.05) is 33.8 Å². The third-order valence-electron chi connectivity index (χ3n) is 3.25. The van der Waals surface area contributed by atoms with Gasteiger partial charge in [-0.2, -0.15) is 0 Å². The van der Waals surface area contributed by atoms with Crippen molar-refractivity contribution >= 4 is 11.6 Å². The highest BCUT2D eigenvalue weighted by Crippen LogP contribution is 2.40. The SMILES string of the molecule is COc1cccc(C(=O)Nc2cc(OC)c(OC)c(OC)c2)c1. The van der Waals surface area contributed by atoms with E-state index in [1.807, 2.05) is 0 Å². The molecule has 6 nitrogen and oxygen atoms in total. The van der Waals surface area contributed by atoms with Crippen LogP contribution in [0.2, 0.25) is 0 Å². The standard InChI is InChI=1S/C17H19NO5/c1-20-13-7-5-6-11(8-13)17(19)18-12-9-14(21-2)16(23-4)15(10-12)22-3/h5-10H,1-4H3,(H,18,19). The number of rotatable bonds is 6. The molecule has 122 valence electrons. The third-order valence-corrected chi connectivity index (χ3v) is 3.25. The topological polar surface area (TPSA) is 66.0 Å². The second kappa shape index (κ2) is 7.40. The minimum absolute atomic E-state index is 0.266. The maximum atomic E-state index is 12.4. The van der Waals surface area contributed by atoms with Crippen LogP contribution in [0, 0.1) is 0 Å².